The van der Waals surface area contributed by atoms with Crippen molar-refractivity contribution in [1.29, 1.82) is 0 Å². The van der Waals surface area contributed by atoms with Gasteiger partial charge in [0.2, 0.25) is 0 Å². The van der Waals surface area contributed by atoms with Gasteiger partial charge in [0, 0.05) is 12.1 Å². The molecule has 0 saturated heterocycles. The molecule has 5 nitrogen and oxygen atoms in total. The van der Waals surface area contributed by atoms with Crippen LogP contribution in [0.25, 0.3) is 0 Å². The van der Waals surface area contributed by atoms with Crippen molar-refractivity contribution < 1.29 is 19.1 Å². The van der Waals surface area contributed by atoms with Crippen LogP contribution in [0.1, 0.15) is 27.2 Å². The summed E-state index contributed by atoms with van der Waals surface area (Å²) >= 11 is 0. The summed E-state index contributed by atoms with van der Waals surface area (Å²) in [5, 5.41) is 3.14. The number of nitrogens with one attached hydrogen (secondary N) is 1. The molecule has 5 heteroatoms. The van der Waals surface area contributed by atoms with Gasteiger partial charge in [-0.15, -0.1) is 0 Å². The Morgan fingerprint density at radius 2 is 1.80 bits per heavy atom. The maximum absolute atomic E-state index is 11.1. The van der Waals surface area contributed by atoms with Gasteiger partial charge >= 0.3 is 11.9 Å². The van der Waals surface area contributed by atoms with Crippen molar-refractivity contribution in [3.05, 3.63) is 0 Å². The molecule has 0 aromatic carbocycles. The molecule has 0 aliphatic carbocycles. The van der Waals surface area contributed by atoms with Gasteiger partial charge in [0.15, 0.2) is 6.61 Å². The smallest absolute Gasteiger partial charge is 0.344 e. The highest BCUT2D eigenvalue weighted by atomic mass is 16.6. The minimum Gasteiger partial charge on any atom is -0.466 e. The summed E-state index contributed by atoms with van der Waals surface area (Å²) in [6, 6.07) is 0. The van der Waals surface area contributed by atoms with E-state index in [9.17, 15) is 9.59 Å². The van der Waals surface area contributed by atoms with Gasteiger partial charge in [0.1, 0.15) is 0 Å². The first-order valence-corrected chi connectivity index (χ1v) is 4.82. The first-order valence-electron chi connectivity index (χ1n) is 4.82. The van der Waals surface area contributed by atoms with Gasteiger partial charge in [0.25, 0.3) is 0 Å². The lowest BCUT2D eigenvalue weighted by molar-refractivity contribution is -0.156. The van der Waals surface area contributed by atoms with E-state index in [4.69, 9.17) is 0 Å². The summed E-state index contributed by atoms with van der Waals surface area (Å²) in [7, 11) is 1.25. The van der Waals surface area contributed by atoms with E-state index in [1.54, 1.807) is 0 Å². The molecule has 0 aliphatic rings. The van der Waals surface area contributed by atoms with Gasteiger partial charge in [0.05, 0.1) is 13.5 Å². The molecule has 0 fully saturated rings. The molecular weight excluding hydrogens is 198 g/mol. The summed E-state index contributed by atoms with van der Waals surface area (Å²) in [4.78, 5) is 21.7. The van der Waals surface area contributed by atoms with E-state index >= 15 is 0 Å². The number of hydrogen-bond acceptors (Lipinski definition) is 5. The van der Waals surface area contributed by atoms with Crippen LogP contribution in [0.3, 0.4) is 0 Å². The van der Waals surface area contributed by atoms with Gasteiger partial charge in [-0.3, -0.25) is 4.79 Å². The number of ether oxygens (including phenoxy) is 2. The van der Waals surface area contributed by atoms with E-state index < -0.39 is 11.9 Å². The Balaban J connectivity index is 3.54. The quantitative estimate of drug-likeness (QED) is 0.679. The standard InChI is InChI=1S/C10H19NO4/c1-10(2,3)11-6-5-8(12)15-7-9(13)14-4/h11H,5-7H2,1-4H3. The second-order valence-corrected chi connectivity index (χ2v) is 4.16. The molecule has 0 atom stereocenters. The maximum atomic E-state index is 11.1. The van der Waals surface area contributed by atoms with Crippen molar-refractivity contribution >= 4 is 11.9 Å². The zero-order valence-corrected chi connectivity index (χ0v) is 9.75. The van der Waals surface area contributed by atoms with Crippen molar-refractivity contribution in [2.45, 2.75) is 32.7 Å². The minimum atomic E-state index is -0.549. The zero-order valence-electron chi connectivity index (χ0n) is 9.75. The molecule has 0 saturated carbocycles. The topological polar surface area (TPSA) is 64.6 Å². The van der Waals surface area contributed by atoms with E-state index in [-0.39, 0.29) is 18.6 Å². The lowest BCUT2D eigenvalue weighted by Crippen LogP contribution is -2.37. The monoisotopic (exact) mass is 217 g/mol. The van der Waals surface area contributed by atoms with Crippen LogP contribution in [0.4, 0.5) is 0 Å². The molecule has 0 radical (unpaired) electrons. The van der Waals surface area contributed by atoms with Crippen LogP contribution in [0.15, 0.2) is 0 Å². The number of esters is 2. The van der Waals surface area contributed by atoms with Crippen molar-refractivity contribution in [3.63, 3.8) is 0 Å². The van der Waals surface area contributed by atoms with Crippen LogP contribution in [0, 0.1) is 0 Å². The number of carbonyl (C=O) groups excluding carboxylic acids is 2. The zero-order chi connectivity index (χ0) is 11.9. The number of hydrogen-bond donors (Lipinski definition) is 1. The highest BCUT2D eigenvalue weighted by Crippen LogP contribution is 1.98. The fourth-order valence-electron chi connectivity index (χ4n) is 0.810. The normalized spacial score (nSPS) is 10.9. The molecular formula is C10H19NO4. The van der Waals surface area contributed by atoms with E-state index in [0.717, 1.165) is 0 Å². The van der Waals surface area contributed by atoms with E-state index in [2.05, 4.69) is 14.8 Å². The molecule has 0 unspecified atom stereocenters. The summed E-state index contributed by atoms with van der Waals surface area (Å²) < 4.78 is 8.98. The molecule has 0 heterocycles. The highest BCUT2D eigenvalue weighted by molar-refractivity contribution is 5.76. The molecule has 0 amide bonds. The number of carbonyl (C=O) groups is 2. The molecule has 15 heavy (non-hydrogen) atoms. The van der Waals surface area contributed by atoms with Gasteiger partial charge < -0.3 is 14.8 Å². The van der Waals surface area contributed by atoms with E-state index in [1.165, 1.54) is 7.11 Å². The minimum absolute atomic E-state index is 0.0252. The summed E-state index contributed by atoms with van der Waals surface area (Å²) in [6.45, 7) is 6.24. The molecule has 0 bridgehead atoms. The SMILES string of the molecule is COC(=O)COC(=O)CCNC(C)(C)C. The molecule has 88 valence electrons. The number of rotatable bonds is 5. The van der Waals surface area contributed by atoms with Crippen molar-refractivity contribution in [2.24, 2.45) is 0 Å². The molecule has 0 rings (SSSR count). The Bertz CT molecular complexity index is 220. The van der Waals surface area contributed by atoms with Crippen LogP contribution < -0.4 is 5.32 Å². The summed E-state index contributed by atoms with van der Waals surface area (Å²) in [5.74, 6) is -0.954. The Hall–Kier alpha value is -1.10. The largest absolute Gasteiger partial charge is 0.466 e. The summed E-state index contributed by atoms with van der Waals surface area (Å²) in [5.41, 5.74) is -0.0252. The van der Waals surface area contributed by atoms with Crippen molar-refractivity contribution in [1.82, 2.24) is 5.32 Å². The van der Waals surface area contributed by atoms with Crippen molar-refractivity contribution in [2.75, 3.05) is 20.3 Å². The Morgan fingerprint density at radius 3 is 2.27 bits per heavy atom. The van der Waals surface area contributed by atoms with Crippen LogP contribution in [0.5, 0.6) is 0 Å². The van der Waals surface area contributed by atoms with Gasteiger partial charge in [-0.05, 0) is 20.8 Å². The van der Waals surface area contributed by atoms with E-state index in [0.29, 0.717) is 6.54 Å². The Morgan fingerprint density at radius 1 is 1.20 bits per heavy atom. The van der Waals surface area contributed by atoms with Crippen LogP contribution >= 0.6 is 0 Å². The third-order valence-corrected chi connectivity index (χ3v) is 1.56. The molecule has 0 aliphatic heterocycles. The Kier molecular flexibility index (Phi) is 5.93. The molecule has 0 aromatic rings. The molecule has 0 aromatic heterocycles. The fourth-order valence-corrected chi connectivity index (χ4v) is 0.810. The molecule has 0 spiro atoms. The lowest BCUT2D eigenvalue weighted by Gasteiger charge is -2.19. The Labute approximate surface area is 90.1 Å². The van der Waals surface area contributed by atoms with Crippen LogP contribution in [-0.2, 0) is 19.1 Å². The fraction of sp³-hybridized carbons (Fsp3) is 0.800. The third kappa shape index (κ3) is 9.21. The average molecular weight is 217 g/mol. The number of methoxy groups -OCH3 is 1. The maximum Gasteiger partial charge on any atom is 0.344 e. The predicted octanol–water partition coefficient (Wildman–Crippen LogP) is 0.481. The average Bonchev–Trinajstić information content (AvgIpc) is 2.12. The highest BCUT2D eigenvalue weighted by Gasteiger charge is 2.11. The van der Waals surface area contributed by atoms with E-state index in [1.807, 2.05) is 20.8 Å². The van der Waals surface area contributed by atoms with Gasteiger partial charge in [-0.1, -0.05) is 0 Å². The van der Waals surface area contributed by atoms with Crippen LogP contribution in [-0.4, -0.2) is 37.7 Å². The third-order valence-electron chi connectivity index (χ3n) is 1.56. The predicted molar refractivity (Wildman–Crippen MR) is 55.3 cm³/mol. The first kappa shape index (κ1) is 13.9. The second kappa shape index (κ2) is 6.40. The van der Waals surface area contributed by atoms with Crippen LogP contribution in [0.2, 0.25) is 0 Å². The molecule has 1 N–H and O–H groups in total. The van der Waals surface area contributed by atoms with Crippen molar-refractivity contribution in [3.8, 4) is 0 Å². The van der Waals surface area contributed by atoms with Gasteiger partial charge in [-0.25, -0.2) is 4.79 Å². The lowest BCUT2D eigenvalue weighted by atomic mass is 10.1. The summed E-state index contributed by atoms with van der Waals surface area (Å²) in [6.07, 6.45) is 0.244. The first-order chi connectivity index (χ1) is 6.85. The van der Waals surface area contributed by atoms with Gasteiger partial charge in [-0.2, -0.15) is 0 Å². The second-order valence-electron chi connectivity index (χ2n) is 4.16.